The Balaban J connectivity index is 2.16. The summed E-state index contributed by atoms with van der Waals surface area (Å²) in [4.78, 5) is 2.46. The van der Waals surface area contributed by atoms with Crippen LogP contribution >= 0.6 is 0 Å². The highest BCUT2D eigenvalue weighted by Gasteiger charge is 2.44. The van der Waals surface area contributed by atoms with Gasteiger partial charge in [0.2, 0.25) is 0 Å². The van der Waals surface area contributed by atoms with Crippen LogP contribution in [0.25, 0.3) is 0 Å². The van der Waals surface area contributed by atoms with Crippen molar-refractivity contribution in [3.63, 3.8) is 0 Å². The van der Waals surface area contributed by atoms with Crippen molar-refractivity contribution in [3.8, 4) is 5.75 Å². The lowest BCUT2D eigenvalue weighted by atomic mass is 9.84. The predicted octanol–water partition coefficient (Wildman–Crippen LogP) is 3.25. The van der Waals surface area contributed by atoms with Gasteiger partial charge in [0.1, 0.15) is 5.75 Å². The van der Waals surface area contributed by atoms with E-state index in [9.17, 15) is 5.11 Å². The third-order valence-electron chi connectivity index (χ3n) is 5.05. The molecule has 1 atom stereocenters. The molecule has 1 unspecified atom stereocenters. The lowest BCUT2D eigenvalue weighted by molar-refractivity contribution is -0.0244. The molecule has 3 heteroatoms. The molecule has 0 radical (unpaired) electrons. The number of likely N-dealkylation sites (N-methyl/N-ethyl adjacent to an activating group) is 1. The Labute approximate surface area is 128 Å². The van der Waals surface area contributed by atoms with Crippen LogP contribution in [0.4, 0.5) is 0 Å². The Bertz CT molecular complexity index is 437. The van der Waals surface area contributed by atoms with Crippen molar-refractivity contribution >= 4 is 0 Å². The van der Waals surface area contributed by atoms with Crippen molar-refractivity contribution in [2.75, 3.05) is 20.2 Å². The zero-order valence-electron chi connectivity index (χ0n) is 13.6. The highest BCUT2D eigenvalue weighted by Crippen LogP contribution is 2.39. The van der Waals surface area contributed by atoms with Crippen molar-refractivity contribution in [2.24, 2.45) is 0 Å². The lowest BCUT2D eigenvalue weighted by Gasteiger charge is -2.44. The Morgan fingerprint density at radius 2 is 1.90 bits per heavy atom. The average molecular weight is 291 g/mol. The topological polar surface area (TPSA) is 32.7 Å². The summed E-state index contributed by atoms with van der Waals surface area (Å²) in [5.74, 6) is 0.864. The van der Waals surface area contributed by atoms with Crippen LogP contribution in [0.3, 0.4) is 0 Å². The summed E-state index contributed by atoms with van der Waals surface area (Å²) >= 11 is 0. The molecule has 1 N–H and O–H groups in total. The van der Waals surface area contributed by atoms with Crippen LogP contribution in [0, 0.1) is 0 Å². The second-order valence-electron chi connectivity index (χ2n) is 6.05. The normalized spacial score (nSPS) is 18.9. The maximum absolute atomic E-state index is 11.0. The third-order valence-corrected chi connectivity index (χ3v) is 5.05. The summed E-state index contributed by atoms with van der Waals surface area (Å²) in [5.41, 5.74) is 1.12. The molecule has 21 heavy (non-hydrogen) atoms. The summed E-state index contributed by atoms with van der Waals surface area (Å²) in [7, 11) is 1.68. The lowest BCUT2D eigenvalue weighted by Crippen LogP contribution is -2.55. The summed E-state index contributed by atoms with van der Waals surface area (Å²) in [6.45, 7) is 6.40. The van der Waals surface area contributed by atoms with Gasteiger partial charge in [0.15, 0.2) is 0 Å². The number of benzene rings is 1. The summed E-state index contributed by atoms with van der Waals surface area (Å²) in [6.07, 6.45) is 5.07. The van der Waals surface area contributed by atoms with E-state index in [-0.39, 0.29) is 11.6 Å². The predicted molar refractivity (Wildman–Crippen MR) is 86.8 cm³/mol. The maximum atomic E-state index is 11.0. The van der Waals surface area contributed by atoms with E-state index in [1.807, 2.05) is 18.2 Å². The molecule has 0 aromatic heterocycles. The van der Waals surface area contributed by atoms with E-state index in [4.69, 9.17) is 4.74 Å². The van der Waals surface area contributed by atoms with Crippen molar-refractivity contribution < 1.29 is 9.84 Å². The molecule has 0 heterocycles. The van der Waals surface area contributed by atoms with E-state index in [0.717, 1.165) is 37.2 Å². The number of aliphatic hydroxyl groups excluding tert-OH is 1. The smallest absolute Gasteiger partial charge is 0.119 e. The minimum absolute atomic E-state index is 0.0351. The molecule has 1 fully saturated rings. The van der Waals surface area contributed by atoms with Gasteiger partial charge in [-0.2, -0.15) is 0 Å². The molecule has 0 aliphatic heterocycles. The van der Waals surface area contributed by atoms with Gasteiger partial charge in [0.05, 0.1) is 13.2 Å². The Kier molecular flexibility index (Phi) is 5.65. The first-order chi connectivity index (χ1) is 10.2. The van der Waals surface area contributed by atoms with Crippen molar-refractivity contribution in [3.05, 3.63) is 29.8 Å². The zero-order chi connectivity index (χ0) is 15.3. The maximum Gasteiger partial charge on any atom is 0.119 e. The molecule has 1 aliphatic rings. The number of hydrogen-bond acceptors (Lipinski definition) is 3. The SMILES string of the molecule is CCN(CC)C1(C(O)Cc2cccc(OC)c2)CCCC1. The molecule has 1 aliphatic carbocycles. The molecule has 0 bridgehead atoms. The molecule has 3 nitrogen and oxygen atoms in total. The molecule has 1 saturated carbocycles. The minimum Gasteiger partial charge on any atom is -0.497 e. The number of hydrogen-bond donors (Lipinski definition) is 1. The molecule has 2 rings (SSSR count). The molecule has 0 amide bonds. The zero-order valence-corrected chi connectivity index (χ0v) is 13.6. The Hall–Kier alpha value is -1.06. The Morgan fingerprint density at radius 3 is 2.48 bits per heavy atom. The molecule has 0 saturated heterocycles. The van der Waals surface area contributed by atoms with E-state index in [0.29, 0.717) is 6.42 Å². The van der Waals surface area contributed by atoms with Gasteiger partial charge in [0.25, 0.3) is 0 Å². The number of methoxy groups -OCH3 is 1. The minimum atomic E-state index is -0.313. The van der Waals surface area contributed by atoms with Crippen molar-refractivity contribution in [2.45, 2.75) is 57.6 Å². The second kappa shape index (κ2) is 7.28. The van der Waals surface area contributed by atoms with Crippen LogP contribution in [0.5, 0.6) is 5.75 Å². The van der Waals surface area contributed by atoms with Crippen LogP contribution < -0.4 is 4.74 Å². The summed E-state index contributed by atoms with van der Waals surface area (Å²) in [6, 6.07) is 8.07. The van der Waals surface area contributed by atoms with Crippen LogP contribution in [0.2, 0.25) is 0 Å². The van der Waals surface area contributed by atoms with Gasteiger partial charge in [-0.25, -0.2) is 0 Å². The van der Waals surface area contributed by atoms with Crippen LogP contribution in [-0.2, 0) is 6.42 Å². The average Bonchev–Trinajstić information content (AvgIpc) is 2.99. The van der Waals surface area contributed by atoms with Gasteiger partial charge >= 0.3 is 0 Å². The van der Waals surface area contributed by atoms with Gasteiger partial charge in [-0.1, -0.05) is 38.8 Å². The summed E-state index contributed by atoms with van der Waals surface area (Å²) in [5, 5.41) is 11.0. The Morgan fingerprint density at radius 1 is 1.24 bits per heavy atom. The fourth-order valence-corrected chi connectivity index (χ4v) is 3.91. The van der Waals surface area contributed by atoms with Gasteiger partial charge < -0.3 is 9.84 Å². The van der Waals surface area contributed by atoms with Crippen LogP contribution in [-0.4, -0.2) is 41.8 Å². The van der Waals surface area contributed by atoms with E-state index in [1.165, 1.54) is 12.8 Å². The number of rotatable bonds is 7. The summed E-state index contributed by atoms with van der Waals surface area (Å²) < 4.78 is 5.28. The van der Waals surface area contributed by atoms with Gasteiger partial charge in [0, 0.05) is 12.0 Å². The third kappa shape index (κ3) is 3.41. The van der Waals surface area contributed by atoms with Crippen molar-refractivity contribution in [1.82, 2.24) is 4.90 Å². The fraction of sp³-hybridized carbons (Fsp3) is 0.667. The number of ether oxygens (including phenoxy) is 1. The fourth-order valence-electron chi connectivity index (χ4n) is 3.91. The second-order valence-corrected chi connectivity index (χ2v) is 6.05. The highest BCUT2D eigenvalue weighted by atomic mass is 16.5. The molecule has 0 spiro atoms. The first kappa shape index (κ1) is 16.3. The van der Waals surface area contributed by atoms with Gasteiger partial charge in [-0.15, -0.1) is 0 Å². The highest BCUT2D eigenvalue weighted by molar-refractivity contribution is 5.29. The number of aliphatic hydroxyl groups is 1. The molecular weight excluding hydrogens is 262 g/mol. The molecular formula is C18H29NO2. The van der Waals surface area contributed by atoms with Crippen LogP contribution in [0.15, 0.2) is 24.3 Å². The quantitative estimate of drug-likeness (QED) is 0.837. The number of nitrogens with zero attached hydrogens (tertiary/aromatic N) is 1. The largest absolute Gasteiger partial charge is 0.497 e. The van der Waals surface area contributed by atoms with E-state index in [1.54, 1.807) is 7.11 Å². The van der Waals surface area contributed by atoms with Crippen molar-refractivity contribution in [1.29, 1.82) is 0 Å². The van der Waals surface area contributed by atoms with Gasteiger partial charge in [-0.05, 0) is 43.6 Å². The monoisotopic (exact) mass is 291 g/mol. The first-order valence-electron chi connectivity index (χ1n) is 8.22. The standard InChI is InChI=1S/C18H29NO2/c1-4-19(5-2)18(11-6-7-12-18)17(20)14-15-9-8-10-16(13-15)21-3/h8-10,13,17,20H,4-7,11-12,14H2,1-3H3. The molecule has 118 valence electrons. The molecule has 1 aromatic carbocycles. The van der Waals surface area contributed by atoms with Gasteiger partial charge in [-0.3, -0.25) is 4.90 Å². The van der Waals surface area contributed by atoms with E-state index >= 15 is 0 Å². The van der Waals surface area contributed by atoms with Crippen LogP contribution in [0.1, 0.15) is 45.1 Å². The molecule has 1 aromatic rings. The van der Waals surface area contributed by atoms with E-state index in [2.05, 4.69) is 24.8 Å². The first-order valence-corrected chi connectivity index (χ1v) is 8.22. The van der Waals surface area contributed by atoms with E-state index < -0.39 is 0 Å².